The number of aliphatic hydroxyl groups excluding tert-OH is 1. The third-order valence-electron chi connectivity index (χ3n) is 3.08. The number of rotatable bonds is 2. The lowest BCUT2D eigenvalue weighted by atomic mass is 9.63. The van der Waals surface area contributed by atoms with Gasteiger partial charge in [-0.15, -0.1) is 0 Å². The van der Waals surface area contributed by atoms with Gasteiger partial charge in [0.2, 0.25) is 0 Å². The molecule has 0 bridgehead atoms. The lowest BCUT2D eigenvalue weighted by molar-refractivity contribution is -0.152. The lowest BCUT2D eigenvalue weighted by Crippen LogP contribution is -2.50. The van der Waals surface area contributed by atoms with Crippen molar-refractivity contribution in [1.29, 1.82) is 0 Å². The maximum absolute atomic E-state index is 11.3. The monoisotopic (exact) mass is 241 g/mol. The molecule has 0 aromatic carbocycles. The number of carboxylic acid groups (broad SMARTS) is 1. The molecule has 5 heteroatoms. The van der Waals surface area contributed by atoms with Crippen molar-refractivity contribution in [3.63, 3.8) is 0 Å². The summed E-state index contributed by atoms with van der Waals surface area (Å²) >= 11 is 5.96. The average molecular weight is 242 g/mol. The van der Waals surface area contributed by atoms with E-state index in [1.807, 2.05) is 0 Å². The Hall–Kier alpha value is -1.13. The summed E-state index contributed by atoms with van der Waals surface area (Å²) in [6.07, 6.45) is -0.159. The summed E-state index contributed by atoms with van der Waals surface area (Å²) in [6.45, 7) is 1.79. The molecule has 16 heavy (non-hydrogen) atoms. The fourth-order valence-electron chi connectivity index (χ4n) is 2.14. The molecular weight excluding hydrogens is 230 g/mol. The van der Waals surface area contributed by atoms with Crippen molar-refractivity contribution in [2.45, 2.75) is 31.3 Å². The molecule has 1 aromatic rings. The zero-order valence-corrected chi connectivity index (χ0v) is 9.53. The molecule has 0 radical (unpaired) electrons. The molecule has 2 N–H and O–H groups in total. The van der Waals surface area contributed by atoms with E-state index in [0.717, 1.165) is 5.69 Å². The number of carboxylic acids is 1. The highest BCUT2D eigenvalue weighted by Crippen LogP contribution is 2.46. The molecule has 0 aliphatic heterocycles. The zero-order chi connectivity index (χ0) is 11.9. The number of hydrogen-bond donors (Lipinski definition) is 2. The van der Waals surface area contributed by atoms with E-state index in [1.54, 1.807) is 19.1 Å². The quantitative estimate of drug-likeness (QED) is 0.771. The van der Waals surface area contributed by atoms with Gasteiger partial charge in [0.15, 0.2) is 0 Å². The largest absolute Gasteiger partial charge is 0.481 e. The standard InChI is InChI=1S/C11H12ClNO3/c1-6-2-3-8(9(12)13-6)11(10(15)16)4-7(14)5-11/h2-3,7,14H,4-5H2,1H3,(H,15,16). The van der Waals surface area contributed by atoms with Crippen LogP contribution in [0.25, 0.3) is 0 Å². The van der Waals surface area contributed by atoms with Crippen molar-refractivity contribution < 1.29 is 15.0 Å². The molecule has 1 aromatic heterocycles. The number of aliphatic hydroxyl groups is 1. The molecule has 4 nitrogen and oxygen atoms in total. The van der Waals surface area contributed by atoms with Crippen LogP contribution in [0.1, 0.15) is 24.1 Å². The molecule has 0 unspecified atom stereocenters. The summed E-state index contributed by atoms with van der Waals surface area (Å²) in [5.41, 5.74) is 0.184. The Labute approximate surface area is 97.9 Å². The first-order valence-electron chi connectivity index (χ1n) is 5.01. The van der Waals surface area contributed by atoms with Crippen LogP contribution in [0.15, 0.2) is 12.1 Å². The molecule has 0 amide bonds. The number of carbonyl (C=O) groups is 1. The summed E-state index contributed by atoms with van der Waals surface area (Å²) < 4.78 is 0. The Bertz CT molecular complexity index is 441. The Morgan fingerprint density at radius 1 is 1.56 bits per heavy atom. The van der Waals surface area contributed by atoms with Crippen molar-refractivity contribution in [2.24, 2.45) is 0 Å². The molecular formula is C11H12ClNO3. The maximum Gasteiger partial charge on any atom is 0.314 e. The van der Waals surface area contributed by atoms with Gasteiger partial charge >= 0.3 is 5.97 Å². The van der Waals surface area contributed by atoms with Crippen LogP contribution in [0, 0.1) is 6.92 Å². The van der Waals surface area contributed by atoms with Gasteiger partial charge in [0.05, 0.1) is 6.10 Å². The first-order valence-corrected chi connectivity index (χ1v) is 5.38. The van der Waals surface area contributed by atoms with Gasteiger partial charge in [-0.3, -0.25) is 4.79 Å². The second-order valence-electron chi connectivity index (χ2n) is 4.24. The third-order valence-corrected chi connectivity index (χ3v) is 3.37. The third kappa shape index (κ3) is 1.58. The van der Waals surface area contributed by atoms with Crippen LogP contribution in [-0.4, -0.2) is 27.3 Å². The van der Waals surface area contributed by atoms with Crippen molar-refractivity contribution in [2.75, 3.05) is 0 Å². The smallest absolute Gasteiger partial charge is 0.314 e. The van der Waals surface area contributed by atoms with Gasteiger partial charge in [-0.2, -0.15) is 0 Å². The van der Waals surface area contributed by atoms with E-state index in [-0.39, 0.29) is 18.0 Å². The minimum Gasteiger partial charge on any atom is -0.481 e. The summed E-state index contributed by atoms with van der Waals surface area (Å²) in [5, 5.41) is 18.8. The molecule has 1 heterocycles. The lowest BCUT2D eigenvalue weighted by Gasteiger charge is -2.42. The van der Waals surface area contributed by atoms with Crippen LogP contribution in [0.5, 0.6) is 0 Å². The Kier molecular flexibility index (Phi) is 2.64. The predicted octanol–water partition coefficient (Wildman–Crippen LogP) is 1.52. The van der Waals surface area contributed by atoms with E-state index >= 15 is 0 Å². The highest BCUT2D eigenvalue weighted by Gasteiger charge is 2.52. The summed E-state index contributed by atoms with van der Waals surface area (Å²) in [4.78, 5) is 15.3. The number of aryl methyl sites for hydroxylation is 1. The van der Waals surface area contributed by atoms with E-state index in [4.69, 9.17) is 11.6 Å². The molecule has 0 spiro atoms. The number of halogens is 1. The van der Waals surface area contributed by atoms with Gasteiger partial charge in [-0.05, 0) is 25.8 Å². The van der Waals surface area contributed by atoms with E-state index in [9.17, 15) is 15.0 Å². The van der Waals surface area contributed by atoms with Crippen molar-refractivity contribution in [1.82, 2.24) is 4.98 Å². The molecule has 2 rings (SSSR count). The number of pyridine rings is 1. The fourth-order valence-corrected chi connectivity index (χ4v) is 2.51. The maximum atomic E-state index is 11.3. The van der Waals surface area contributed by atoms with Crippen LogP contribution in [0.4, 0.5) is 0 Å². The van der Waals surface area contributed by atoms with Gasteiger partial charge in [-0.1, -0.05) is 17.7 Å². The van der Waals surface area contributed by atoms with Gasteiger partial charge in [0, 0.05) is 11.3 Å². The van der Waals surface area contributed by atoms with Crippen LogP contribution in [0.2, 0.25) is 5.15 Å². The highest BCUT2D eigenvalue weighted by atomic mass is 35.5. The van der Waals surface area contributed by atoms with Gasteiger partial charge in [0.25, 0.3) is 0 Å². The predicted molar refractivity (Wildman–Crippen MR) is 58.5 cm³/mol. The van der Waals surface area contributed by atoms with Crippen molar-refractivity contribution in [3.8, 4) is 0 Å². The van der Waals surface area contributed by atoms with Gasteiger partial charge in [-0.25, -0.2) is 4.98 Å². The molecule has 0 saturated heterocycles. The van der Waals surface area contributed by atoms with Gasteiger partial charge < -0.3 is 10.2 Å². The second kappa shape index (κ2) is 3.71. The van der Waals surface area contributed by atoms with Crippen LogP contribution in [0.3, 0.4) is 0 Å². The number of aliphatic carboxylic acids is 1. The van der Waals surface area contributed by atoms with Crippen LogP contribution >= 0.6 is 11.6 Å². The van der Waals surface area contributed by atoms with Gasteiger partial charge in [0.1, 0.15) is 10.6 Å². The topological polar surface area (TPSA) is 70.4 Å². The molecule has 1 saturated carbocycles. The van der Waals surface area contributed by atoms with E-state index in [0.29, 0.717) is 5.56 Å². The minimum absolute atomic E-state index is 0.201. The highest BCUT2D eigenvalue weighted by molar-refractivity contribution is 6.30. The van der Waals surface area contributed by atoms with E-state index in [2.05, 4.69) is 4.98 Å². The minimum atomic E-state index is -1.06. The SMILES string of the molecule is Cc1ccc(C2(C(=O)O)CC(O)C2)c(Cl)n1. The second-order valence-corrected chi connectivity index (χ2v) is 4.60. The fraction of sp³-hybridized carbons (Fsp3) is 0.455. The Morgan fingerprint density at radius 3 is 2.62 bits per heavy atom. The molecule has 0 atom stereocenters. The van der Waals surface area contributed by atoms with E-state index in [1.165, 1.54) is 0 Å². The molecule has 1 fully saturated rings. The Morgan fingerprint density at radius 2 is 2.19 bits per heavy atom. The molecule has 1 aliphatic rings. The van der Waals surface area contributed by atoms with Crippen molar-refractivity contribution >= 4 is 17.6 Å². The number of aromatic nitrogens is 1. The van der Waals surface area contributed by atoms with Crippen LogP contribution in [-0.2, 0) is 10.2 Å². The number of nitrogens with zero attached hydrogens (tertiary/aromatic N) is 1. The van der Waals surface area contributed by atoms with E-state index < -0.39 is 17.5 Å². The summed E-state index contributed by atoms with van der Waals surface area (Å²) in [6, 6.07) is 3.42. The first kappa shape index (κ1) is 11.4. The number of hydrogen-bond acceptors (Lipinski definition) is 3. The van der Waals surface area contributed by atoms with Crippen LogP contribution < -0.4 is 0 Å². The Balaban J connectivity index is 2.45. The molecule has 86 valence electrons. The summed E-state index contributed by atoms with van der Waals surface area (Å²) in [7, 11) is 0. The first-order chi connectivity index (χ1) is 7.45. The summed E-state index contributed by atoms with van der Waals surface area (Å²) in [5.74, 6) is -0.953. The molecule has 1 aliphatic carbocycles. The normalized spacial score (nSPS) is 28.6. The average Bonchev–Trinajstić information content (AvgIpc) is 2.12. The zero-order valence-electron chi connectivity index (χ0n) is 8.77. The van der Waals surface area contributed by atoms with Crippen molar-refractivity contribution in [3.05, 3.63) is 28.5 Å².